The van der Waals surface area contributed by atoms with Gasteiger partial charge in [-0.25, -0.2) is 4.79 Å². The summed E-state index contributed by atoms with van der Waals surface area (Å²) >= 11 is 0. The van der Waals surface area contributed by atoms with Gasteiger partial charge < -0.3 is 15.2 Å². The molecule has 6 nitrogen and oxygen atoms in total. The van der Waals surface area contributed by atoms with E-state index in [0.717, 1.165) is 18.5 Å². The fraction of sp³-hybridized carbons (Fsp3) is 0.412. The summed E-state index contributed by atoms with van der Waals surface area (Å²) in [4.78, 5) is 12.6. The van der Waals surface area contributed by atoms with Crippen LogP contribution in [0.1, 0.15) is 44.1 Å². The minimum absolute atomic E-state index is 0.262. The van der Waals surface area contributed by atoms with Gasteiger partial charge in [0.1, 0.15) is 0 Å². The summed E-state index contributed by atoms with van der Waals surface area (Å²) in [6.45, 7) is 4.50. The average molecular weight is 349 g/mol. The van der Waals surface area contributed by atoms with E-state index in [2.05, 4.69) is 29.6 Å². The Kier molecular flexibility index (Phi) is 6.54. The number of carbonyl (C=O) groups is 1. The first-order valence-electron chi connectivity index (χ1n) is 7.97. The van der Waals surface area contributed by atoms with E-state index in [-0.39, 0.29) is 12.6 Å². The first kappa shape index (κ1) is 18.2. The number of nitrogens with one attached hydrogen (secondary N) is 2. The third-order valence-corrected chi connectivity index (χ3v) is 4.75. The zero-order valence-electron chi connectivity index (χ0n) is 14.2. The molecule has 2 amide bonds. The number of anilines is 1. The lowest BCUT2D eigenvalue weighted by atomic mass is 9.99. The molecule has 0 fully saturated rings. The molecule has 0 aliphatic heterocycles. The third-order valence-electron chi connectivity index (χ3n) is 3.83. The van der Waals surface area contributed by atoms with Crippen molar-refractivity contribution in [1.82, 2.24) is 10.5 Å². The van der Waals surface area contributed by atoms with Crippen LogP contribution in [0.4, 0.5) is 10.5 Å². The van der Waals surface area contributed by atoms with Crippen LogP contribution in [-0.4, -0.2) is 21.7 Å². The van der Waals surface area contributed by atoms with Gasteiger partial charge in [0, 0.05) is 39.6 Å². The second-order valence-electron chi connectivity index (χ2n) is 5.52. The zero-order chi connectivity index (χ0) is 17.5. The number of nitrogens with zero attached hydrogens (tertiary/aromatic N) is 1. The smallest absolute Gasteiger partial charge is 0.319 e. The number of urea groups is 1. The number of hydrogen-bond donors (Lipinski definition) is 2. The molecule has 0 saturated heterocycles. The van der Waals surface area contributed by atoms with Crippen LogP contribution in [0.3, 0.4) is 0 Å². The molecule has 1 heterocycles. The van der Waals surface area contributed by atoms with Gasteiger partial charge in [0.2, 0.25) is 0 Å². The van der Waals surface area contributed by atoms with Crippen LogP contribution < -0.4 is 10.6 Å². The largest absolute Gasteiger partial charge is 0.359 e. The molecule has 2 rings (SSSR count). The second-order valence-corrected chi connectivity index (χ2v) is 6.90. The molecule has 0 aliphatic rings. The van der Waals surface area contributed by atoms with E-state index in [9.17, 15) is 9.00 Å². The molecule has 0 unspecified atom stereocenters. The fourth-order valence-electron chi connectivity index (χ4n) is 2.41. The fourth-order valence-corrected chi connectivity index (χ4v) is 2.97. The molecule has 2 aromatic rings. The molecular formula is C17H23N3O3S. The molecule has 2 N–H and O–H groups in total. The third kappa shape index (κ3) is 4.92. The van der Waals surface area contributed by atoms with E-state index in [1.165, 1.54) is 0 Å². The van der Waals surface area contributed by atoms with Crippen LogP contribution in [0.25, 0.3) is 0 Å². The SMILES string of the molecule is CCC(CC)c1cc(CNC(=O)Nc2cccc([S@](C)=O)c2)on1. The molecule has 0 spiro atoms. The predicted octanol–water partition coefficient (Wildman–Crippen LogP) is 3.64. The van der Waals surface area contributed by atoms with Gasteiger partial charge >= 0.3 is 6.03 Å². The van der Waals surface area contributed by atoms with Crippen molar-refractivity contribution in [3.63, 3.8) is 0 Å². The zero-order valence-corrected chi connectivity index (χ0v) is 15.0. The molecule has 1 aromatic carbocycles. The Hall–Kier alpha value is -2.15. The van der Waals surface area contributed by atoms with Crippen LogP contribution in [-0.2, 0) is 17.3 Å². The first-order chi connectivity index (χ1) is 11.5. The normalized spacial score (nSPS) is 12.2. The van der Waals surface area contributed by atoms with E-state index in [1.807, 2.05) is 6.07 Å². The first-order valence-corrected chi connectivity index (χ1v) is 9.53. The van der Waals surface area contributed by atoms with Crippen LogP contribution in [0.5, 0.6) is 0 Å². The molecule has 1 aromatic heterocycles. The van der Waals surface area contributed by atoms with Gasteiger partial charge in [-0.05, 0) is 31.0 Å². The average Bonchev–Trinajstić information content (AvgIpc) is 3.03. The summed E-state index contributed by atoms with van der Waals surface area (Å²) in [6.07, 6.45) is 3.61. The Balaban J connectivity index is 1.89. The Morgan fingerprint density at radius 3 is 2.71 bits per heavy atom. The van der Waals surface area contributed by atoms with Crippen molar-refractivity contribution in [2.75, 3.05) is 11.6 Å². The molecule has 7 heteroatoms. The number of amides is 2. The Labute approximate surface area is 144 Å². The lowest BCUT2D eigenvalue weighted by Gasteiger charge is -2.07. The van der Waals surface area contributed by atoms with E-state index >= 15 is 0 Å². The molecule has 0 bridgehead atoms. The lowest BCUT2D eigenvalue weighted by Crippen LogP contribution is -2.28. The number of aromatic nitrogens is 1. The monoisotopic (exact) mass is 349 g/mol. The number of hydrogen-bond acceptors (Lipinski definition) is 4. The second kappa shape index (κ2) is 8.63. The summed E-state index contributed by atoms with van der Waals surface area (Å²) in [5.74, 6) is 1.00. The van der Waals surface area contributed by atoms with E-state index in [1.54, 1.807) is 30.5 Å². The standard InChI is InChI=1S/C17H23N3O3S/c1-4-12(5-2)16-10-14(23-20-16)11-18-17(21)19-13-7-6-8-15(9-13)24(3)22/h6-10,12H,4-5,11H2,1-3H3,(H2,18,19,21)/t24-/m0/s1. The van der Waals surface area contributed by atoms with E-state index in [4.69, 9.17) is 4.52 Å². The quantitative estimate of drug-likeness (QED) is 0.799. The van der Waals surface area contributed by atoms with Gasteiger partial charge in [-0.15, -0.1) is 0 Å². The Morgan fingerprint density at radius 1 is 1.29 bits per heavy atom. The Morgan fingerprint density at radius 2 is 2.04 bits per heavy atom. The molecule has 0 radical (unpaired) electrons. The van der Waals surface area contributed by atoms with Crippen molar-refractivity contribution in [3.05, 3.63) is 41.8 Å². The van der Waals surface area contributed by atoms with E-state index in [0.29, 0.717) is 22.3 Å². The van der Waals surface area contributed by atoms with Gasteiger partial charge in [0.05, 0.1) is 12.2 Å². The van der Waals surface area contributed by atoms with Gasteiger partial charge in [0.25, 0.3) is 0 Å². The van der Waals surface area contributed by atoms with Crippen LogP contribution in [0.2, 0.25) is 0 Å². The summed E-state index contributed by atoms with van der Waals surface area (Å²) < 4.78 is 16.7. The van der Waals surface area contributed by atoms with Crippen LogP contribution in [0.15, 0.2) is 39.8 Å². The van der Waals surface area contributed by atoms with Crippen molar-refractivity contribution in [2.45, 2.75) is 44.0 Å². The van der Waals surface area contributed by atoms with Gasteiger partial charge in [-0.1, -0.05) is 25.1 Å². The highest BCUT2D eigenvalue weighted by Crippen LogP contribution is 2.22. The molecule has 130 valence electrons. The lowest BCUT2D eigenvalue weighted by molar-refractivity contribution is 0.250. The van der Waals surface area contributed by atoms with Crippen molar-refractivity contribution in [3.8, 4) is 0 Å². The number of benzene rings is 1. The molecule has 1 atom stereocenters. The topological polar surface area (TPSA) is 84.2 Å². The highest BCUT2D eigenvalue weighted by atomic mass is 32.2. The van der Waals surface area contributed by atoms with E-state index < -0.39 is 10.8 Å². The Bertz CT molecular complexity index is 711. The van der Waals surface area contributed by atoms with Crippen molar-refractivity contribution >= 4 is 22.5 Å². The molecule has 0 aliphatic carbocycles. The highest BCUT2D eigenvalue weighted by molar-refractivity contribution is 7.84. The predicted molar refractivity (Wildman–Crippen MR) is 94.5 cm³/mol. The summed E-state index contributed by atoms with van der Waals surface area (Å²) in [6, 6.07) is 8.48. The summed E-state index contributed by atoms with van der Waals surface area (Å²) in [7, 11) is -1.09. The number of carbonyl (C=O) groups excluding carboxylic acids is 1. The highest BCUT2D eigenvalue weighted by Gasteiger charge is 2.13. The molecule has 24 heavy (non-hydrogen) atoms. The maximum Gasteiger partial charge on any atom is 0.319 e. The summed E-state index contributed by atoms with van der Waals surface area (Å²) in [5, 5.41) is 9.51. The summed E-state index contributed by atoms with van der Waals surface area (Å²) in [5.41, 5.74) is 1.52. The van der Waals surface area contributed by atoms with Gasteiger partial charge in [0.15, 0.2) is 5.76 Å². The number of rotatable bonds is 7. The molecule has 0 saturated carbocycles. The van der Waals surface area contributed by atoms with Gasteiger partial charge in [-0.2, -0.15) is 0 Å². The minimum Gasteiger partial charge on any atom is -0.359 e. The van der Waals surface area contributed by atoms with Crippen molar-refractivity contribution in [1.29, 1.82) is 0 Å². The van der Waals surface area contributed by atoms with Crippen LogP contribution >= 0.6 is 0 Å². The van der Waals surface area contributed by atoms with Crippen molar-refractivity contribution in [2.24, 2.45) is 0 Å². The molecular weight excluding hydrogens is 326 g/mol. The maximum atomic E-state index is 12.0. The van der Waals surface area contributed by atoms with Crippen molar-refractivity contribution < 1.29 is 13.5 Å². The van der Waals surface area contributed by atoms with Gasteiger partial charge in [-0.3, -0.25) is 4.21 Å². The van der Waals surface area contributed by atoms with Crippen LogP contribution in [0, 0.1) is 0 Å². The minimum atomic E-state index is -1.09. The maximum absolute atomic E-state index is 12.0.